The second kappa shape index (κ2) is 4.41. The summed E-state index contributed by atoms with van der Waals surface area (Å²) in [6.45, 7) is 3.47. The third-order valence-corrected chi connectivity index (χ3v) is 2.89. The van der Waals surface area contributed by atoms with Gasteiger partial charge in [-0.25, -0.2) is 8.42 Å². The van der Waals surface area contributed by atoms with Crippen LogP contribution in [0.25, 0.3) is 0 Å². The molecule has 0 amide bonds. The Bertz CT molecular complexity index is 223. The zero-order valence-electron chi connectivity index (χ0n) is 6.70. The largest absolute Gasteiger partial charge is 0.379 e. The second-order valence-corrected chi connectivity index (χ2v) is 5.59. The van der Waals surface area contributed by atoms with Gasteiger partial charge in [-0.1, -0.05) is 0 Å². The van der Waals surface area contributed by atoms with E-state index in [0.29, 0.717) is 19.8 Å². The molecule has 0 aromatic carbocycles. The van der Waals surface area contributed by atoms with Crippen molar-refractivity contribution in [2.45, 2.75) is 0 Å². The lowest BCUT2D eigenvalue weighted by Gasteiger charge is -2.25. The molecule has 0 radical (unpaired) electrons. The first-order valence-corrected chi connectivity index (χ1v) is 6.28. The van der Waals surface area contributed by atoms with E-state index < -0.39 is 9.05 Å². The van der Waals surface area contributed by atoms with Gasteiger partial charge in [0.15, 0.2) is 0 Å². The average Bonchev–Trinajstić information content (AvgIpc) is 2.02. The summed E-state index contributed by atoms with van der Waals surface area (Å²) >= 11 is 0. The van der Waals surface area contributed by atoms with Crippen molar-refractivity contribution in [1.29, 1.82) is 0 Å². The van der Waals surface area contributed by atoms with Crippen LogP contribution in [0.4, 0.5) is 0 Å². The summed E-state index contributed by atoms with van der Waals surface area (Å²) in [6.07, 6.45) is 0. The molecule has 1 rings (SSSR count). The van der Waals surface area contributed by atoms with Crippen LogP contribution in [0.5, 0.6) is 0 Å². The Morgan fingerprint density at radius 3 is 2.42 bits per heavy atom. The van der Waals surface area contributed by atoms with Gasteiger partial charge in [-0.15, -0.1) is 0 Å². The first-order chi connectivity index (χ1) is 5.58. The van der Waals surface area contributed by atoms with Gasteiger partial charge in [0.2, 0.25) is 9.05 Å². The number of ether oxygens (including phenoxy) is 1. The summed E-state index contributed by atoms with van der Waals surface area (Å²) in [4.78, 5) is 2.03. The molecule has 0 aromatic heterocycles. The molecule has 0 saturated carbocycles. The Labute approximate surface area is 76.9 Å². The lowest BCUT2D eigenvalue weighted by Crippen LogP contribution is -2.38. The van der Waals surface area contributed by atoms with Crippen LogP contribution in [0, 0.1) is 0 Å². The Balaban J connectivity index is 2.22. The lowest BCUT2D eigenvalue weighted by atomic mass is 10.4. The van der Waals surface area contributed by atoms with Crippen LogP contribution in [0.3, 0.4) is 0 Å². The van der Waals surface area contributed by atoms with E-state index in [1.54, 1.807) is 0 Å². The minimum Gasteiger partial charge on any atom is -0.379 e. The molecule has 0 unspecified atom stereocenters. The molecule has 1 saturated heterocycles. The first kappa shape index (κ1) is 10.2. The van der Waals surface area contributed by atoms with Gasteiger partial charge in [0.1, 0.15) is 0 Å². The molecule has 0 aromatic rings. The highest BCUT2D eigenvalue weighted by atomic mass is 35.7. The summed E-state index contributed by atoms with van der Waals surface area (Å²) in [5.41, 5.74) is 0. The van der Waals surface area contributed by atoms with E-state index in [2.05, 4.69) is 0 Å². The summed E-state index contributed by atoms with van der Waals surface area (Å²) < 4.78 is 26.3. The number of hydrogen-bond acceptors (Lipinski definition) is 4. The van der Waals surface area contributed by atoms with E-state index >= 15 is 0 Å². The van der Waals surface area contributed by atoms with Gasteiger partial charge in [-0.2, -0.15) is 0 Å². The molecular formula is C6H12ClNO3S. The molecule has 0 spiro atoms. The maximum Gasteiger partial charge on any atom is 0.233 e. The fourth-order valence-corrected chi connectivity index (χ4v) is 1.75. The van der Waals surface area contributed by atoms with Crippen LogP contribution in [0.15, 0.2) is 0 Å². The van der Waals surface area contributed by atoms with E-state index in [9.17, 15) is 8.42 Å². The average molecular weight is 214 g/mol. The van der Waals surface area contributed by atoms with E-state index in [4.69, 9.17) is 15.4 Å². The van der Waals surface area contributed by atoms with Crippen LogP contribution in [-0.4, -0.2) is 51.9 Å². The van der Waals surface area contributed by atoms with Gasteiger partial charge >= 0.3 is 0 Å². The number of nitrogens with zero attached hydrogens (tertiary/aromatic N) is 1. The molecule has 0 bridgehead atoms. The van der Waals surface area contributed by atoms with Crippen molar-refractivity contribution in [3.8, 4) is 0 Å². The maximum absolute atomic E-state index is 10.6. The fourth-order valence-electron chi connectivity index (χ4n) is 1.06. The van der Waals surface area contributed by atoms with E-state index in [-0.39, 0.29) is 5.75 Å². The van der Waals surface area contributed by atoms with Crippen molar-refractivity contribution in [3.05, 3.63) is 0 Å². The predicted octanol–water partition coefficient (Wildman–Crippen LogP) is -0.113. The van der Waals surface area contributed by atoms with E-state index in [1.165, 1.54) is 0 Å². The third kappa shape index (κ3) is 4.25. The zero-order valence-corrected chi connectivity index (χ0v) is 8.27. The zero-order chi connectivity index (χ0) is 9.03. The molecule has 12 heavy (non-hydrogen) atoms. The smallest absolute Gasteiger partial charge is 0.233 e. The van der Waals surface area contributed by atoms with Crippen LogP contribution in [0.1, 0.15) is 0 Å². The summed E-state index contributed by atoms with van der Waals surface area (Å²) in [5, 5.41) is 0. The highest BCUT2D eigenvalue weighted by Gasteiger charge is 2.13. The molecule has 1 fully saturated rings. The number of rotatable bonds is 3. The minimum atomic E-state index is -3.33. The highest BCUT2D eigenvalue weighted by Crippen LogP contribution is 2.00. The summed E-state index contributed by atoms with van der Waals surface area (Å²) in [6, 6.07) is 0. The Kier molecular flexibility index (Phi) is 3.77. The van der Waals surface area contributed by atoms with Gasteiger partial charge in [0, 0.05) is 30.3 Å². The van der Waals surface area contributed by atoms with Gasteiger partial charge in [-0.3, -0.25) is 4.90 Å². The fraction of sp³-hybridized carbons (Fsp3) is 1.00. The molecular weight excluding hydrogens is 202 g/mol. The topological polar surface area (TPSA) is 46.6 Å². The number of morpholine rings is 1. The summed E-state index contributed by atoms with van der Waals surface area (Å²) in [7, 11) is 1.73. The SMILES string of the molecule is O=S(=O)(Cl)CCN1CCOCC1. The van der Waals surface area contributed by atoms with Crippen LogP contribution < -0.4 is 0 Å². The Hall–Kier alpha value is 0.160. The van der Waals surface area contributed by atoms with Gasteiger partial charge in [0.05, 0.1) is 19.0 Å². The van der Waals surface area contributed by atoms with Crippen molar-refractivity contribution >= 4 is 19.7 Å². The molecule has 4 nitrogen and oxygen atoms in total. The Morgan fingerprint density at radius 1 is 1.33 bits per heavy atom. The monoisotopic (exact) mass is 213 g/mol. The lowest BCUT2D eigenvalue weighted by molar-refractivity contribution is 0.0408. The highest BCUT2D eigenvalue weighted by molar-refractivity contribution is 8.13. The van der Waals surface area contributed by atoms with E-state index in [0.717, 1.165) is 13.1 Å². The van der Waals surface area contributed by atoms with Crippen molar-refractivity contribution in [2.75, 3.05) is 38.6 Å². The molecule has 0 N–H and O–H groups in total. The predicted molar refractivity (Wildman–Crippen MR) is 46.9 cm³/mol. The third-order valence-electron chi connectivity index (χ3n) is 1.76. The molecule has 1 heterocycles. The van der Waals surface area contributed by atoms with Crippen molar-refractivity contribution in [2.24, 2.45) is 0 Å². The second-order valence-electron chi connectivity index (χ2n) is 2.70. The van der Waals surface area contributed by atoms with Gasteiger partial charge < -0.3 is 4.74 Å². The van der Waals surface area contributed by atoms with Crippen LogP contribution in [-0.2, 0) is 13.8 Å². The number of halogens is 1. The minimum absolute atomic E-state index is 0.0224. The van der Waals surface area contributed by atoms with Crippen LogP contribution >= 0.6 is 10.7 Å². The van der Waals surface area contributed by atoms with Gasteiger partial charge in [-0.05, 0) is 0 Å². The quantitative estimate of drug-likeness (QED) is 0.614. The first-order valence-electron chi connectivity index (χ1n) is 3.80. The molecule has 1 aliphatic rings. The van der Waals surface area contributed by atoms with Crippen molar-refractivity contribution < 1.29 is 13.2 Å². The molecule has 0 aliphatic carbocycles. The number of hydrogen-bond donors (Lipinski definition) is 0. The maximum atomic E-state index is 10.6. The molecule has 72 valence electrons. The van der Waals surface area contributed by atoms with Gasteiger partial charge in [0.25, 0.3) is 0 Å². The van der Waals surface area contributed by atoms with Crippen molar-refractivity contribution in [1.82, 2.24) is 4.90 Å². The standard InChI is InChI=1S/C6H12ClNO3S/c7-12(9,10)6-3-8-1-4-11-5-2-8/h1-6H2. The van der Waals surface area contributed by atoms with E-state index in [1.807, 2.05) is 4.90 Å². The van der Waals surface area contributed by atoms with Crippen molar-refractivity contribution in [3.63, 3.8) is 0 Å². The summed E-state index contributed by atoms with van der Waals surface area (Å²) in [5.74, 6) is 0.0224. The molecule has 0 atom stereocenters. The molecule has 1 aliphatic heterocycles. The molecule has 6 heteroatoms. The Morgan fingerprint density at radius 2 is 1.92 bits per heavy atom. The normalized spacial score (nSPS) is 21.1. The van der Waals surface area contributed by atoms with Crippen LogP contribution in [0.2, 0.25) is 0 Å².